The first-order chi connectivity index (χ1) is 10.8. The number of piperazine rings is 1. The number of rotatable bonds is 3. The van der Waals surface area contributed by atoms with Crippen LogP contribution in [0.25, 0.3) is 0 Å². The van der Waals surface area contributed by atoms with Crippen LogP contribution in [0, 0.1) is 0 Å². The summed E-state index contributed by atoms with van der Waals surface area (Å²) in [7, 11) is 0. The molecule has 2 aromatic rings. The monoisotopic (exact) mass is 294 g/mol. The van der Waals surface area contributed by atoms with Gasteiger partial charge in [0.2, 0.25) is 0 Å². The van der Waals surface area contributed by atoms with Gasteiger partial charge in [-0.15, -0.1) is 0 Å². The first-order valence-electron chi connectivity index (χ1n) is 7.96. The van der Waals surface area contributed by atoms with Gasteiger partial charge < -0.3 is 9.80 Å². The van der Waals surface area contributed by atoms with Gasteiger partial charge >= 0.3 is 0 Å². The Balaban J connectivity index is 1.62. The van der Waals surface area contributed by atoms with Crippen molar-refractivity contribution in [1.82, 2.24) is 4.90 Å². The third kappa shape index (κ3) is 3.14. The third-order valence-corrected chi connectivity index (χ3v) is 4.30. The van der Waals surface area contributed by atoms with Crippen molar-refractivity contribution in [2.24, 2.45) is 0 Å². The lowest BCUT2D eigenvalue weighted by Gasteiger charge is -2.36. The number of aryl methyl sites for hydroxylation is 1. The Labute approximate surface area is 132 Å². The Kier molecular flexibility index (Phi) is 4.42. The highest BCUT2D eigenvalue weighted by Crippen LogP contribution is 2.17. The van der Waals surface area contributed by atoms with E-state index in [2.05, 4.69) is 36.1 Å². The maximum atomic E-state index is 12.5. The van der Waals surface area contributed by atoms with Crippen LogP contribution < -0.4 is 4.90 Å². The minimum absolute atomic E-state index is 0.148. The molecule has 3 rings (SSSR count). The molecule has 0 unspecified atom stereocenters. The number of para-hydroxylation sites is 1. The molecule has 1 saturated heterocycles. The van der Waals surface area contributed by atoms with E-state index in [9.17, 15) is 4.79 Å². The molecule has 1 aliphatic heterocycles. The molecule has 2 aromatic carbocycles. The Bertz CT molecular complexity index is 614. The first kappa shape index (κ1) is 14.6. The van der Waals surface area contributed by atoms with Crippen LogP contribution in [0.1, 0.15) is 22.8 Å². The van der Waals surface area contributed by atoms with E-state index in [1.54, 1.807) is 0 Å². The molecule has 3 nitrogen and oxygen atoms in total. The van der Waals surface area contributed by atoms with Gasteiger partial charge in [0, 0.05) is 37.4 Å². The van der Waals surface area contributed by atoms with Crippen molar-refractivity contribution in [2.75, 3.05) is 31.1 Å². The average molecular weight is 294 g/mol. The number of anilines is 1. The van der Waals surface area contributed by atoms with Gasteiger partial charge in [0.15, 0.2) is 0 Å². The molecule has 1 heterocycles. The largest absolute Gasteiger partial charge is 0.368 e. The van der Waals surface area contributed by atoms with E-state index in [1.165, 1.54) is 11.3 Å². The third-order valence-electron chi connectivity index (χ3n) is 4.30. The summed E-state index contributed by atoms with van der Waals surface area (Å²) in [6, 6.07) is 18.4. The highest BCUT2D eigenvalue weighted by molar-refractivity contribution is 5.94. The number of hydrogen-bond donors (Lipinski definition) is 0. The van der Waals surface area contributed by atoms with Crippen molar-refractivity contribution in [3.8, 4) is 0 Å². The van der Waals surface area contributed by atoms with Crippen molar-refractivity contribution in [3.05, 3.63) is 65.7 Å². The molecule has 0 aliphatic carbocycles. The quantitative estimate of drug-likeness (QED) is 0.868. The van der Waals surface area contributed by atoms with Gasteiger partial charge in [0.25, 0.3) is 5.91 Å². The number of carbonyl (C=O) groups excluding carboxylic acids is 1. The van der Waals surface area contributed by atoms with Gasteiger partial charge in [-0.3, -0.25) is 4.79 Å². The predicted octanol–water partition coefficient (Wildman–Crippen LogP) is 3.21. The second kappa shape index (κ2) is 6.65. The SMILES string of the molecule is CCc1ccc(C(=O)N2CCN(c3ccccc3)CC2)cc1. The number of benzene rings is 2. The van der Waals surface area contributed by atoms with Crippen LogP contribution in [0.5, 0.6) is 0 Å². The first-order valence-corrected chi connectivity index (χ1v) is 7.96. The molecule has 0 N–H and O–H groups in total. The smallest absolute Gasteiger partial charge is 0.253 e. The van der Waals surface area contributed by atoms with Gasteiger partial charge in [-0.1, -0.05) is 37.3 Å². The van der Waals surface area contributed by atoms with E-state index in [1.807, 2.05) is 35.2 Å². The van der Waals surface area contributed by atoms with Crippen molar-refractivity contribution >= 4 is 11.6 Å². The molecule has 1 fully saturated rings. The van der Waals surface area contributed by atoms with Crippen LogP contribution in [0.2, 0.25) is 0 Å². The Morgan fingerprint density at radius 1 is 0.909 bits per heavy atom. The summed E-state index contributed by atoms with van der Waals surface area (Å²) in [6.45, 7) is 5.47. The van der Waals surface area contributed by atoms with Crippen LogP contribution in [0.15, 0.2) is 54.6 Å². The number of amides is 1. The summed E-state index contributed by atoms with van der Waals surface area (Å²) >= 11 is 0. The second-order valence-electron chi connectivity index (χ2n) is 5.67. The topological polar surface area (TPSA) is 23.6 Å². The van der Waals surface area contributed by atoms with Crippen molar-refractivity contribution in [1.29, 1.82) is 0 Å². The normalized spacial score (nSPS) is 15.0. The summed E-state index contributed by atoms with van der Waals surface area (Å²) in [4.78, 5) is 16.8. The summed E-state index contributed by atoms with van der Waals surface area (Å²) in [5.74, 6) is 0.148. The van der Waals surface area contributed by atoms with Gasteiger partial charge in [0.1, 0.15) is 0 Å². The van der Waals surface area contributed by atoms with Crippen molar-refractivity contribution < 1.29 is 4.79 Å². The van der Waals surface area contributed by atoms with E-state index < -0.39 is 0 Å². The van der Waals surface area contributed by atoms with Gasteiger partial charge in [-0.25, -0.2) is 0 Å². The van der Waals surface area contributed by atoms with Crippen LogP contribution in [0.3, 0.4) is 0 Å². The molecule has 0 atom stereocenters. The molecule has 0 radical (unpaired) electrons. The standard InChI is InChI=1S/C19H22N2O/c1-2-16-8-10-17(11-9-16)19(22)21-14-12-20(13-15-21)18-6-4-3-5-7-18/h3-11H,2,12-15H2,1H3. The fraction of sp³-hybridized carbons (Fsp3) is 0.316. The average Bonchev–Trinajstić information content (AvgIpc) is 2.62. The molecule has 22 heavy (non-hydrogen) atoms. The zero-order valence-electron chi connectivity index (χ0n) is 13.0. The zero-order valence-corrected chi connectivity index (χ0v) is 13.0. The Morgan fingerprint density at radius 3 is 2.14 bits per heavy atom. The van der Waals surface area contributed by atoms with E-state index >= 15 is 0 Å². The molecule has 0 saturated carbocycles. The van der Waals surface area contributed by atoms with Crippen LogP contribution in [-0.4, -0.2) is 37.0 Å². The van der Waals surface area contributed by atoms with Gasteiger partial charge in [-0.2, -0.15) is 0 Å². The van der Waals surface area contributed by atoms with Gasteiger partial charge in [-0.05, 0) is 36.2 Å². The highest BCUT2D eigenvalue weighted by Gasteiger charge is 2.22. The molecule has 1 amide bonds. The minimum Gasteiger partial charge on any atom is -0.368 e. The van der Waals surface area contributed by atoms with E-state index in [-0.39, 0.29) is 5.91 Å². The number of hydrogen-bond acceptors (Lipinski definition) is 2. The minimum atomic E-state index is 0.148. The zero-order chi connectivity index (χ0) is 15.4. The fourth-order valence-corrected chi connectivity index (χ4v) is 2.87. The predicted molar refractivity (Wildman–Crippen MR) is 90.4 cm³/mol. The van der Waals surface area contributed by atoms with E-state index in [4.69, 9.17) is 0 Å². The van der Waals surface area contributed by atoms with Crippen LogP contribution in [0.4, 0.5) is 5.69 Å². The number of carbonyl (C=O) groups is 1. The Morgan fingerprint density at radius 2 is 1.55 bits per heavy atom. The summed E-state index contributed by atoms with van der Waals surface area (Å²) in [6.07, 6.45) is 1.00. The lowest BCUT2D eigenvalue weighted by Crippen LogP contribution is -2.48. The molecule has 0 spiro atoms. The lowest BCUT2D eigenvalue weighted by atomic mass is 10.1. The molecular weight excluding hydrogens is 272 g/mol. The Hall–Kier alpha value is -2.29. The van der Waals surface area contributed by atoms with Crippen LogP contribution in [-0.2, 0) is 6.42 Å². The van der Waals surface area contributed by atoms with E-state index in [0.717, 1.165) is 38.2 Å². The summed E-state index contributed by atoms with van der Waals surface area (Å²) in [5.41, 5.74) is 3.30. The molecular formula is C19H22N2O. The molecule has 1 aliphatic rings. The van der Waals surface area contributed by atoms with Crippen LogP contribution >= 0.6 is 0 Å². The fourth-order valence-electron chi connectivity index (χ4n) is 2.87. The summed E-state index contributed by atoms with van der Waals surface area (Å²) in [5, 5.41) is 0. The maximum absolute atomic E-state index is 12.5. The van der Waals surface area contributed by atoms with Gasteiger partial charge in [0.05, 0.1) is 0 Å². The molecule has 0 bridgehead atoms. The second-order valence-corrected chi connectivity index (χ2v) is 5.67. The highest BCUT2D eigenvalue weighted by atomic mass is 16.2. The van der Waals surface area contributed by atoms with Crippen molar-refractivity contribution in [2.45, 2.75) is 13.3 Å². The maximum Gasteiger partial charge on any atom is 0.253 e. The number of nitrogens with zero attached hydrogens (tertiary/aromatic N) is 2. The molecule has 114 valence electrons. The molecule has 3 heteroatoms. The van der Waals surface area contributed by atoms with E-state index in [0.29, 0.717) is 0 Å². The molecule has 0 aromatic heterocycles. The van der Waals surface area contributed by atoms with Crippen molar-refractivity contribution in [3.63, 3.8) is 0 Å². The lowest BCUT2D eigenvalue weighted by molar-refractivity contribution is 0.0747. The summed E-state index contributed by atoms with van der Waals surface area (Å²) < 4.78 is 0.